The third-order valence-corrected chi connectivity index (χ3v) is 19.6. The number of benzene rings is 2. The zero-order valence-corrected chi connectivity index (χ0v) is 56.3. The number of unbranched alkanes of at least 4 members (excludes halogenated alkanes) is 43. The van der Waals surface area contributed by atoms with Gasteiger partial charge in [-0.05, 0) is 86.8 Å². The van der Waals surface area contributed by atoms with Crippen LogP contribution in [0, 0.1) is 0 Å². The molecule has 0 unspecified atom stereocenters. The van der Waals surface area contributed by atoms with Crippen LogP contribution in [-0.4, -0.2) is 4.70 Å². The molecular weight excluding hydrogens is 1060 g/mol. The quantitative estimate of drug-likeness (QED) is 0.0358. The number of nitrogens with zero attached hydrogens (tertiary/aromatic N) is 2. The molecular formula is C77H136N2Pd. The molecule has 2 aromatic carbocycles. The second kappa shape index (κ2) is 56.3. The Bertz CT molecular complexity index is 1710. The van der Waals surface area contributed by atoms with Crippen LogP contribution in [0.1, 0.15) is 391 Å². The molecule has 0 spiro atoms. The van der Waals surface area contributed by atoms with E-state index in [0.29, 0.717) is 0 Å². The Labute approximate surface area is 510 Å². The maximum absolute atomic E-state index is 11.9. The van der Waals surface area contributed by atoms with Crippen LogP contribution in [0.5, 0.6) is 0 Å². The van der Waals surface area contributed by atoms with E-state index >= 15 is 0 Å². The molecule has 0 bridgehead atoms. The normalized spacial score (nSPS) is 12.7. The first kappa shape index (κ1) is 74.3. The molecule has 1 aliphatic rings. The fourth-order valence-corrected chi connectivity index (χ4v) is 14.1. The SMILES string of the molecule is CCCCCC1=C(c2cccc(CCCC)c2)[N+](=[N-])C(c2cccc(CCCCC)c2)=C1CCCCC.CCCCCCCCCCCCCCCCCCCC[CH2][Pd][CH2]CCCCCCCCCCCCCCCCCCCC. The molecule has 3 rings (SSSR count). The van der Waals surface area contributed by atoms with E-state index in [-0.39, 0.29) is 0 Å². The molecule has 0 amide bonds. The van der Waals surface area contributed by atoms with Gasteiger partial charge in [-0.25, -0.2) is 4.70 Å². The Morgan fingerprint density at radius 3 is 0.800 bits per heavy atom. The Morgan fingerprint density at radius 2 is 0.512 bits per heavy atom. The molecule has 0 radical (unpaired) electrons. The Balaban J connectivity index is 0.000000551. The van der Waals surface area contributed by atoms with Crippen LogP contribution in [0.25, 0.3) is 16.9 Å². The molecule has 0 atom stereocenters. The van der Waals surface area contributed by atoms with Crippen molar-refractivity contribution in [3.8, 4) is 0 Å². The van der Waals surface area contributed by atoms with Crippen LogP contribution in [0.4, 0.5) is 0 Å². The van der Waals surface area contributed by atoms with Gasteiger partial charge in [-0.1, -0.05) is 213 Å². The van der Waals surface area contributed by atoms with E-state index in [2.05, 4.69) is 90.1 Å². The zero-order valence-electron chi connectivity index (χ0n) is 54.7. The van der Waals surface area contributed by atoms with Crippen LogP contribution >= 0.6 is 0 Å². The Kier molecular flexibility index (Phi) is 52.3. The summed E-state index contributed by atoms with van der Waals surface area (Å²) < 4.78 is 1.56. The molecule has 3 heteroatoms. The van der Waals surface area contributed by atoms with Gasteiger partial charge < -0.3 is 5.53 Å². The predicted molar refractivity (Wildman–Crippen MR) is 357 cm³/mol. The van der Waals surface area contributed by atoms with Crippen LogP contribution < -0.4 is 0 Å². The first-order valence-electron chi connectivity index (χ1n) is 36.1. The Morgan fingerprint density at radius 1 is 0.275 bits per heavy atom. The van der Waals surface area contributed by atoms with E-state index in [0.717, 1.165) is 66.2 Å². The number of hydrogen-bond donors (Lipinski definition) is 0. The topological polar surface area (TPSA) is 25.3 Å². The summed E-state index contributed by atoms with van der Waals surface area (Å²) >= 11 is 1.06. The van der Waals surface area contributed by atoms with Gasteiger partial charge in [0.15, 0.2) is 0 Å². The van der Waals surface area contributed by atoms with Gasteiger partial charge in [0.2, 0.25) is 11.4 Å². The molecule has 464 valence electrons. The van der Waals surface area contributed by atoms with Crippen molar-refractivity contribution in [2.45, 2.75) is 392 Å². The van der Waals surface area contributed by atoms with Gasteiger partial charge in [-0.3, -0.25) is 0 Å². The fourth-order valence-electron chi connectivity index (χ4n) is 12.1. The minimum absolute atomic E-state index is 1.02. The number of aryl methyl sites for hydroxylation is 2. The van der Waals surface area contributed by atoms with Crippen molar-refractivity contribution in [3.63, 3.8) is 0 Å². The molecule has 0 aliphatic carbocycles. The second-order valence-corrected chi connectivity index (χ2v) is 27.4. The molecule has 2 aromatic rings. The summed E-state index contributed by atoms with van der Waals surface area (Å²) in [6, 6.07) is 17.9. The van der Waals surface area contributed by atoms with E-state index in [9.17, 15) is 5.53 Å². The smallest absolute Gasteiger partial charge is 0.0654 e. The van der Waals surface area contributed by atoms with Crippen LogP contribution in [0.15, 0.2) is 59.7 Å². The van der Waals surface area contributed by atoms with Gasteiger partial charge in [0.25, 0.3) is 0 Å². The molecule has 0 saturated carbocycles. The summed E-state index contributed by atoms with van der Waals surface area (Å²) in [4.78, 5) is 3.10. The number of rotatable bonds is 57. The summed E-state index contributed by atoms with van der Waals surface area (Å²) in [6.45, 7) is 13.7. The van der Waals surface area contributed by atoms with E-state index in [1.165, 1.54) is 337 Å². The van der Waals surface area contributed by atoms with Gasteiger partial charge in [-0.15, -0.1) is 0 Å². The first-order chi connectivity index (χ1) is 39.6. The van der Waals surface area contributed by atoms with Gasteiger partial charge >= 0.3 is 169 Å². The van der Waals surface area contributed by atoms with Gasteiger partial charge in [0, 0.05) is 22.3 Å². The van der Waals surface area contributed by atoms with Crippen molar-refractivity contribution in [2.24, 2.45) is 0 Å². The molecule has 0 saturated heterocycles. The summed E-state index contributed by atoms with van der Waals surface area (Å²) in [5.41, 5.74) is 21.7. The van der Waals surface area contributed by atoms with Crippen LogP contribution in [-0.2, 0) is 30.8 Å². The van der Waals surface area contributed by atoms with E-state index < -0.39 is 0 Å². The van der Waals surface area contributed by atoms with Crippen LogP contribution in [0.3, 0.4) is 0 Å². The summed E-state index contributed by atoms with van der Waals surface area (Å²) in [7, 11) is 0. The molecule has 0 aromatic heterocycles. The monoisotopic (exact) mass is 1190 g/mol. The van der Waals surface area contributed by atoms with E-state index in [4.69, 9.17) is 0 Å². The standard InChI is InChI=1S/C35H50N2.2C21H43.Pd/c1-5-9-13-19-29-21-17-23-31(27-29)35-33(25-15-11-7-3)32(24-14-10-6-2)34(37(35)36)30-22-16-20-28(26-30)18-12-8-4;2*1-3-5-7-9-11-13-15-17-19-21-20-18-16-14-12-10-8-6-4-2;/h16-17,20-23,26-27H,5-15,18-19,24-25H2,1-4H3;2*1,3-21H2,2H3;. The number of hydrogen-bond acceptors (Lipinski definition) is 0. The number of allylic oxidation sites excluding steroid dienone is 2. The zero-order chi connectivity index (χ0) is 57.5. The van der Waals surface area contributed by atoms with Crippen molar-refractivity contribution in [3.05, 3.63) is 87.5 Å². The summed E-state index contributed by atoms with van der Waals surface area (Å²) in [6.07, 6.45) is 74.1. The van der Waals surface area contributed by atoms with Crippen molar-refractivity contribution in [1.82, 2.24) is 0 Å². The van der Waals surface area contributed by atoms with E-state index in [1.54, 1.807) is 14.5 Å². The molecule has 2 nitrogen and oxygen atoms in total. The van der Waals surface area contributed by atoms with Gasteiger partial charge in [0.05, 0.1) is 0 Å². The summed E-state index contributed by atoms with van der Waals surface area (Å²) in [5.74, 6) is 0. The average Bonchev–Trinajstić information content (AvgIpc) is 3.83. The third kappa shape index (κ3) is 38.9. The molecule has 1 aliphatic heterocycles. The molecule has 0 fully saturated rings. The maximum atomic E-state index is 11.9. The van der Waals surface area contributed by atoms with Gasteiger partial charge in [0.1, 0.15) is 0 Å². The van der Waals surface area contributed by atoms with Crippen molar-refractivity contribution in [1.29, 1.82) is 0 Å². The first-order valence-corrected chi connectivity index (χ1v) is 38.3. The fraction of sp³-hybridized carbons (Fsp3) is 0.792. The minimum atomic E-state index is 1.02. The minimum Gasteiger partial charge on any atom is -0.0654 e. The second-order valence-electron chi connectivity index (χ2n) is 25.0. The van der Waals surface area contributed by atoms with E-state index in [1.807, 2.05) is 0 Å². The van der Waals surface area contributed by atoms with Crippen molar-refractivity contribution >= 4 is 11.4 Å². The van der Waals surface area contributed by atoms with Crippen LogP contribution in [0.2, 0.25) is 9.79 Å². The predicted octanol–water partition coefficient (Wildman–Crippen LogP) is 27.9. The van der Waals surface area contributed by atoms with Crippen molar-refractivity contribution in [2.75, 3.05) is 0 Å². The van der Waals surface area contributed by atoms with Gasteiger partial charge in [-0.2, -0.15) is 0 Å². The molecule has 0 N–H and O–H groups in total. The molecule has 80 heavy (non-hydrogen) atoms. The van der Waals surface area contributed by atoms with Crippen molar-refractivity contribution < 1.29 is 22.7 Å². The summed E-state index contributed by atoms with van der Waals surface area (Å²) in [5, 5.41) is 0. The molecule has 1 heterocycles. The Hall–Kier alpha value is -1.82. The third-order valence-electron chi connectivity index (χ3n) is 17.4. The average molecular weight is 1200 g/mol.